The first-order valence-electron chi connectivity index (χ1n) is 7.95. The number of hydrogen-bond donors (Lipinski definition) is 1. The Kier molecular flexibility index (Phi) is 6.59. The topological polar surface area (TPSA) is 81.7 Å². The Hall–Kier alpha value is -3.29. The number of benzene rings is 2. The number of carbonyl (C=O) groups is 3. The molecule has 1 amide bonds. The molecule has 0 heterocycles. The minimum absolute atomic E-state index is 0.204. The molecule has 0 aliphatic heterocycles. The second kappa shape index (κ2) is 8.88. The molecular formula is C19H17F2NO5. The first kappa shape index (κ1) is 20.0. The lowest BCUT2D eigenvalue weighted by atomic mass is 10.1. The molecule has 0 saturated heterocycles. The van der Waals surface area contributed by atoms with Gasteiger partial charge in [0.1, 0.15) is 17.4 Å². The van der Waals surface area contributed by atoms with Crippen LogP contribution < -0.4 is 10.1 Å². The number of carbonyl (C=O) groups excluding carboxylic acids is 3. The number of Topliss-reactive ketones (excluding diaryl/α,β-unsaturated/α-hetero) is 1. The van der Waals surface area contributed by atoms with Crippen LogP contribution in [-0.2, 0) is 14.3 Å². The molecule has 0 fully saturated rings. The summed E-state index contributed by atoms with van der Waals surface area (Å²) in [4.78, 5) is 34.9. The van der Waals surface area contributed by atoms with E-state index in [0.29, 0.717) is 0 Å². The highest BCUT2D eigenvalue weighted by Crippen LogP contribution is 2.16. The second-order valence-corrected chi connectivity index (χ2v) is 5.62. The summed E-state index contributed by atoms with van der Waals surface area (Å²) in [5.41, 5.74) is -0.0705. The molecule has 8 heteroatoms. The first-order valence-corrected chi connectivity index (χ1v) is 7.95. The summed E-state index contributed by atoms with van der Waals surface area (Å²) < 4.78 is 36.9. The lowest BCUT2D eigenvalue weighted by Gasteiger charge is -2.14. The molecule has 27 heavy (non-hydrogen) atoms. The van der Waals surface area contributed by atoms with Crippen LogP contribution in [0, 0.1) is 11.6 Å². The van der Waals surface area contributed by atoms with Gasteiger partial charge in [-0.25, -0.2) is 13.6 Å². The van der Waals surface area contributed by atoms with Gasteiger partial charge in [-0.3, -0.25) is 9.59 Å². The normalized spacial score (nSPS) is 11.4. The van der Waals surface area contributed by atoms with Crippen LogP contribution in [0.15, 0.2) is 42.5 Å². The van der Waals surface area contributed by atoms with E-state index < -0.39 is 36.1 Å². The van der Waals surface area contributed by atoms with E-state index in [0.717, 1.165) is 6.07 Å². The molecule has 6 nitrogen and oxygen atoms in total. The van der Waals surface area contributed by atoms with Gasteiger partial charge in [-0.15, -0.1) is 0 Å². The molecule has 0 bridgehead atoms. The van der Waals surface area contributed by atoms with E-state index in [1.54, 1.807) is 0 Å². The number of nitrogens with one attached hydrogen (secondary N) is 1. The monoisotopic (exact) mass is 377 g/mol. The molecule has 0 aromatic heterocycles. The van der Waals surface area contributed by atoms with Gasteiger partial charge in [0.25, 0.3) is 0 Å². The third-order valence-electron chi connectivity index (χ3n) is 3.39. The van der Waals surface area contributed by atoms with E-state index in [-0.39, 0.29) is 22.9 Å². The Bertz CT molecular complexity index is 852. The number of amides is 1. The summed E-state index contributed by atoms with van der Waals surface area (Å²) in [6.07, 6.45) is -1.05. The summed E-state index contributed by atoms with van der Waals surface area (Å²) in [6.45, 7) is 2.00. The number of ether oxygens (including phenoxy) is 2. The van der Waals surface area contributed by atoms with E-state index in [1.165, 1.54) is 50.2 Å². The van der Waals surface area contributed by atoms with Crippen LogP contribution in [0.1, 0.15) is 24.2 Å². The van der Waals surface area contributed by atoms with Crippen LogP contribution in [0.4, 0.5) is 14.5 Å². The largest absolute Gasteiger partial charge is 0.479 e. The van der Waals surface area contributed by atoms with Gasteiger partial charge in [0.2, 0.25) is 11.7 Å². The molecule has 1 atom stereocenters. The Morgan fingerprint density at radius 1 is 1.07 bits per heavy atom. The standard InChI is InChI=1S/C19H17F2NO5/c1-11(27-15-6-3-13(20)4-7-15)19(25)26-10-18(24)16-8-5-14(9-17(16)21)22-12(2)23/h3-9,11H,10H2,1-2H3,(H,22,23)/t11-/m1/s1. The number of esters is 1. The fraction of sp³-hybridized carbons (Fsp3) is 0.211. The van der Waals surface area contributed by atoms with Gasteiger partial charge in [-0.2, -0.15) is 0 Å². The highest BCUT2D eigenvalue weighted by Gasteiger charge is 2.20. The highest BCUT2D eigenvalue weighted by molar-refractivity contribution is 5.99. The Labute approximate surface area is 154 Å². The zero-order chi connectivity index (χ0) is 20.0. The van der Waals surface area contributed by atoms with Crippen molar-refractivity contribution in [2.24, 2.45) is 0 Å². The van der Waals surface area contributed by atoms with Gasteiger partial charge in [0.05, 0.1) is 5.56 Å². The average Bonchev–Trinajstić information content (AvgIpc) is 2.60. The molecule has 2 aromatic rings. The molecule has 0 aliphatic rings. The van der Waals surface area contributed by atoms with E-state index in [4.69, 9.17) is 9.47 Å². The Morgan fingerprint density at radius 2 is 1.74 bits per heavy atom. The van der Waals surface area contributed by atoms with E-state index in [1.807, 2.05) is 0 Å². The van der Waals surface area contributed by atoms with E-state index in [2.05, 4.69) is 5.32 Å². The van der Waals surface area contributed by atoms with E-state index >= 15 is 0 Å². The predicted molar refractivity (Wildman–Crippen MR) is 92.5 cm³/mol. The quantitative estimate of drug-likeness (QED) is 0.592. The van der Waals surface area contributed by atoms with Gasteiger partial charge < -0.3 is 14.8 Å². The van der Waals surface area contributed by atoms with Crippen molar-refractivity contribution >= 4 is 23.3 Å². The van der Waals surface area contributed by atoms with Gasteiger partial charge in [0.15, 0.2) is 12.7 Å². The van der Waals surface area contributed by atoms with Gasteiger partial charge in [-0.1, -0.05) is 0 Å². The summed E-state index contributed by atoms with van der Waals surface area (Å²) in [6, 6.07) is 8.58. The smallest absolute Gasteiger partial charge is 0.347 e. The molecule has 0 unspecified atom stereocenters. The lowest BCUT2D eigenvalue weighted by Crippen LogP contribution is -2.28. The molecular weight excluding hydrogens is 360 g/mol. The third-order valence-corrected chi connectivity index (χ3v) is 3.39. The van der Waals surface area contributed by atoms with Crippen molar-refractivity contribution in [3.05, 3.63) is 59.7 Å². The van der Waals surface area contributed by atoms with Crippen molar-refractivity contribution in [2.75, 3.05) is 11.9 Å². The van der Waals surface area contributed by atoms with E-state index in [9.17, 15) is 23.2 Å². The van der Waals surface area contributed by atoms with Gasteiger partial charge >= 0.3 is 5.97 Å². The molecule has 1 N–H and O–H groups in total. The molecule has 0 aliphatic carbocycles. The highest BCUT2D eigenvalue weighted by atomic mass is 19.1. The zero-order valence-corrected chi connectivity index (χ0v) is 14.6. The molecule has 2 aromatic carbocycles. The van der Waals surface area contributed by atoms with Crippen LogP contribution in [0.3, 0.4) is 0 Å². The summed E-state index contributed by atoms with van der Waals surface area (Å²) >= 11 is 0. The Balaban J connectivity index is 1.91. The zero-order valence-electron chi connectivity index (χ0n) is 14.6. The maximum absolute atomic E-state index is 14.0. The number of ketones is 1. The first-order chi connectivity index (χ1) is 12.8. The number of hydrogen-bond acceptors (Lipinski definition) is 5. The van der Waals surface area contributed by atoms with Crippen LogP contribution in [0.25, 0.3) is 0 Å². The lowest BCUT2D eigenvalue weighted by molar-refractivity contribution is -0.149. The predicted octanol–water partition coefficient (Wildman–Crippen LogP) is 3.12. The summed E-state index contributed by atoms with van der Waals surface area (Å²) in [5, 5.41) is 2.39. The molecule has 0 radical (unpaired) electrons. The molecule has 0 saturated carbocycles. The van der Waals surface area contributed by atoms with Crippen molar-refractivity contribution in [2.45, 2.75) is 20.0 Å². The van der Waals surface area contributed by atoms with Crippen molar-refractivity contribution in [1.29, 1.82) is 0 Å². The molecule has 2 rings (SSSR count). The summed E-state index contributed by atoms with van der Waals surface area (Å²) in [7, 11) is 0. The fourth-order valence-electron chi connectivity index (χ4n) is 2.12. The summed E-state index contributed by atoms with van der Waals surface area (Å²) in [5.74, 6) is -3.00. The van der Waals surface area contributed by atoms with Crippen molar-refractivity contribution in [3.8, 4) is 5.75 Å². The van der Waals surface area contributed by atoms with Crippen LogP contribution in [-0.4, -0.2) is 30.4 Å². The fourth-order valence-corrected chi connectivity index (χ4v) is 2.12. The van der Waals surface area contributed by atoms with Crippen molar-refractivity contribution < 1.29 is 32.6 Å². The van der Waals surface area contributed by atoms with Crippen LogP contribution in [0.2, 0.25) is 0 Å². The molecule has 0 spiro atoms. The maximum atomic E-state index is 14.0. The van der Waals surface area contributed by atoms with Crippen molar-refractivity contribution in [1.82, 2.24) is 0 Å². The van der Waals surface area contributed by atoms with Crippen LogP contribution in [0.5, 0.6) is 5.75 Å². The Morgan fingerprint density at radius 3 is 2.33 bits per heavy atom. The number of anilines is 1. The minimum Gasteiger partial charge on any atom is -0.479 e. The SMILES string of the molecule is CC(=O)Nc1ccc(C(=O)COC(=O)[C@@H](C)Oc2ccc(F)cc2)c(F)c1. The van der Waals surface area contributed by atoms with Gasteiger partial charge in [-0.05, 0) is 49.4 Å². The maximum Gasteiger partial charge on any atom is 0.347 e. The minimum atomic E-state index is -1.05. The van der Waals surface area contributed by atoms with Gasteiger partial charge in [0, 0.05) is 12.6 Å². The number of halogens is 2. The average molecular weight is 377 g/mol. The second-order valence-electron chi connectivity index (χ2n) is 5.62. The molecule has 142 valence electrons. The van der Waals surface area contributed by atoms with Crippen LogP contribution >= 0.6 is 0 Å². The van der Waals surface area contributed by atoms with Crippen molar-refractivity contribution in [3.63, 3.8) is 0 Å². The number of rotatable bonds is 7. The third kappa shape index (κ3) is 5.88.